The van der Waals surface area contributed by atoms with Crippen molar-refractivity contribution in [1.29, 1.82) is 0 Å². The van der Waals surface area contributed by atoms with Gasteiger partial charge in [0.1, 0.15) is 0 Å². The summed E-state index contributed by atoms with van der Waals surface area (Å²) in [4.78, 5) is 57.0. The Morgan fingerprint density at radius 2 is 0.984 bits per heavy atom. The van der Waals surface area contributed by atoms with Crippen molar-refractivity contribution < 1.29 is 38.0 Å². The summed E-state index contributed by atoms with van der Waals surface area (Å²) in [5.41, 5.74) is 5.94. The first-order valence-corrected chi connectivity index (χ1v) is 22.9. The SMILES string of the molecule is COc1cc2c(c(OC)c1OC)-c1ccc(SC)c(=O)cc1[C@@H](NC(=O)[C@@H]1CNC[C@@H](C(=O)N[C@H]3CCc4cc(OC)c(OC)c(OC)c4-c4ccc(SC)c(=O)cc43)C1)CC2. The van der Waals surface area contributed by atoms with E-state index in [1.54, 1.807) is 66.9 Å². The van der Waals surface area contributed by atoms with Gasteiger partial charge >= 0.3 is 0 Å². The Kier molecular flexibility index (Phi) is 13.9. The summed E-state index contributed by atoms with van der Waals surface area (Å²) in [6.45, 7) is 0.753. The molecule has 0 spiro atoms. The molecule has 62 heavy (non-hydrogen) atoms. The molecule has 0 unspecified atom stereocenters. The molecule has 0 saturated carbocycles. The lowest BCUT2D eigenvalue weighted by atomic mass is 9.88. The van der Waals surface area contributed by atoms with Gasteiger partial charge in [-0.05, 0) is 114 Å². The summed E-state index contributed by atoms with van der Waals surface area (Å²) < 4.78 is 34.8. The van der Waals surface area contributed by atoms with Crippen LogP contribution in [0.1, 0.15) is 53.6 Å². The Hall–Kier alpha value is -5.38. The van der Waals surface area contributed by atoms with Gasteiger partial charge in [-0.1, -0.05) is 12.1 Å². The number of hydrogen-bond donors (Lipinski definition) is 3. The van der Waals surface area contributed by atoms with Crippen LogP contribution in [0.5, 0.6) is 34.5 Å². The number of carbonyl (C=O) groups is 2. The second kappa shape index (κ2) is 19.3. The van der Waals surface area contributed by atoms with Crippen LogP contribution in [0.2, 0.25) is 0 Å². The summed E-state index contributed by atoms with van der Waals surface area (Å²) in [5.74, 6) is 1.33. The second-order valence-electron chi connectivity index (χ2n) is 15.4. The number of ether oxygens (including phenoxy) is 6. The maximum absolute atomic E-state index is 14.4. The lowest BCUT2D eigenvalue weighted by Gasteiger charge is -2.31. The van der Waals surface area contributed by atoms with Gasteiger partial charge in [-0.15, -0.1) is 23.5 Å². The number of rotatable bonds is 12. The summed E-state index contributed by atoms with van der Waals surface area (Å²) in [7, 11) is 9.39. The van der Waals surface area contributed by atoms with Crippen LogP contribution in [-0.2, 0) is 22.4 Å². The van der Waals surface area contributed by atoms with Gasteiger partial charge in [0.05, 0.1) is 76.4 Å². The standard InChI is InChI=1S/C47H53N3O10S2/c1-55-36-18-24-9-13-32(30-20-34(51)38(61-7)15-11-28(30)40(24)44(59-5)42(36)57-3)49-46(53)26-17-27(23-48-22-26)47(54)50-33-14-10-25-19-37(56-2)43(58-4)45(60-6)41(25)29-12-16-39(62-8)35(52)21-31(29)33/h11-12,15-16,18-21,26-27,32-33,48H,9-10,13-14,17,22-23H2,1-8H3,(H,49,53)(H,50,54)/t26-,27-,32-,33-/m0/s1. The van der Waals surface area contributed by atoms with E-state index in [1.165, 1.54) is 23.5 Å². The molecule has 15 heteroatoms. The van der Waals surface area contributed by atoms with E-state index in [0.717, 1.165) is 33.4 Å². The molecular weight excluding hydrogens is 831 g/mol. The fourth-order valence-corrected chi connectivity index (χ4v) is 10.1. The predicted octanol–water partition coefficient (Wildman–Crippen LogP) is 6.37. The van der Waals surface area contributed by atoms with Crippen molar-refractivity contribution in [3.8, 4) is 56.8 Å². The van der Waals surface area contributed by atoms with Gasteiger partial charge < -0.3 is 44.4 Å². The number of methoxy groups -OCH3 is 6. The van der Waals surface area contributed by atoms with Gasteiger partial charge in [0.25, 0.3) is 0 Å². The van der Waals surface area contributed by atoms with E-state index in [0.29, 0.717) is 101 Å². The third-order valence-electron chi connectivity index (χ3n) is 12.2. The normalized spacial score (nSPS) is 18.8. The van der Waals surface area contributed by atoms with E-state index in [2.05, 4.69) is 16.0 Å². The number of aryl methyl sites for hydroxylation is 2. The first-order valence-electron chi connectivity index (χ1n) is 20.4. The number of fused-ring (bicyclic) bond motifs is 6. The van der Waals surface area contributed by atoms with Crippen LogP contribution in [0.4, 0.5) is 0 Å². The highest BCUT2D eigenvalue weighted by molar-refractivity contribution is 7.98. The van der Waals surface area contributed by atoms with E-state index >= 15 is 0 Å². The topological polar surface area (TPSA) is 160 Å². The van der Waals surface area contributed by atoms with E-state index in [4.69, 9.17) is 28.4 Å². The summed E-state index contributed by atoms with van der Waals surface area (Å²) in [6.07, 6.45) is 6.10. The van der Waals surface area contributed by atoms with Crippen LogP contribution < -0.4 is 55.2 Å². The molecule has 13 nitrogen and oxygen atoms in total. The molecule has 4 aromatic carbocycles. The molecular formula is C47H53N3O10S2. The fraction of sp³-hybridized carbons (Fsp3) is 0.404. The average Bonchev–Trinajstić information content (AvgIpc) is 3.69. The van der Waals surface area contributed by atoms with Crippen molar-refractivity contribution in [3.63, 3.8) is 0 Å². The van der Waals surface area contributed by atoms with Crippen LogP contribution in [-0.4, -0.2) is 80.1 Å². The van der Waals surface area contributed by atoms with Gasteiger partial charge in [0, 0.05) is 24.2 Å². The minimum Gasteiger partial charge on any atom is -0.493 e. The zero-order valence-corrected chi connectivity index (χ0v) is 37.9. The molecule has 2 aliphatic carbocycles. The van der Waals surface area contributed by atoms with E-state index in [-0.39, 0.29) is 22.7 Å². The first kappa shape index (κ1) is 44.7. The molecule has 4 aromatic rings. The van der Waals surface area contributed by atoms with E-state index < -0.39 is 23.9 Å². The predicted molar refractivity (Wildman–Crippen MR) is 242 cm³/mol. The minimum absolute atomic E-state index is 0.153. The molecule has 0 bridgehead atoms. The molecule has 0 radical (unpaired) electrons. The molecule has 328 valence electrons. The fourth-order valence-electron chi connectivity index (χ4n) is 9.15. The minimum atomic E-state index is -0.542. The van der Waals surface area contributed by atoms with Crippen LogP contribution in [0.3, 0.4) is 0 Å². The van der Waals surface area contributed by atoms with Crippen LogP contribution in [0.15, 0.2) is 67.9 Å². The summed E-state index contributed by atoms with van der Waals surface area (Å²) >= 11 is 2.71. The molecule has 4 atom stereocenters. The van der Waals surface area contributed by atoms with Gasteiger partial charge in [-0.25, -0.2) is 0 Å². The van der Waals surface area contributed by atoms with Crippen LogP contribution in [0, 0.1) is 11.8 Å². The van der Waals surface area contributed by atoms with Crippen molar-refractivity contribution in [3.05, 3.63) is 91.2 Å². The zero-order chi connectivity index (χ0) is 44.2. The number of amides is 2. The maximum atomic E-state index is 14.4. The molecule has 1 aliphatic heterocycles. The molecule has 1 heterocycles. The Morgan fingerprint density at radius 3 is 1.34 bits per heavy atom. The molecule has 1 fully saturated rings. The van der Waals surface area contributed by atoms with Crippen LogP contribution in [0.25, 0.3) is 22.3 Å². The molecule has 0 aromatic heterocycles. The van der Waals surface area contributed by atoms with Crippen molar-refractivity contribution in [2.75, 3.05) is 68.3 Å². The molecule has 2 amide bonds. The quantitative estimate of drug-likeness (QED) is 0.135. The lowest BCUT2D eigenvalue weighted by molar-refractivity contribution is -0.130. The number of carbonyl (C=O) groups excluding carboxylic acids is 2. The molecule has 7 rings (SSSR count). The molecule has 3 aliphatic rings. The Morgan fingerprint density at radius 1 is 0.581 bits per heavy atom. The highest BCUT2D eigenvalue weighted by Crippen LogP contribution is 2.52. The Bertz CT molecular complexity index is 2350. The highest BCUT2D eigenvalue weighted by Gasteiger charge is 2.36. The first-order chi connectivity index (χ1) is 30.0. The number of hydrogen-bond acceptors (Lipinski definition) is 13. The van der Waals surface area contributed by atoms with Crippen molar-refractivity contribution >= 4 is 35.3 Å². The van der Waals surface area contributed by atoms with Crippen LogP contribution >= 0.6 is 23.5 Å². The number of benzene rings is 2. The Labute approximate surface area is 369 Å². The van der Waals surface area contributed by atoms with Gasteiger partial charge in [0.2, 0.25) is 23.3 Å². The van der Waals surface area contributed by atoms with Crippen molar-refractivity contribution in [1.82, 2.24) is 16.0 Å². The molecule has 1 saturated heterocycles. The molecule has 3 N–H and O–H groups in total. The number of thioether (sulfide) groups is 2. The zero-order valence-electron chi connectivity index (χ0n) is 36.3. The van der Waals surface area contributed by atoms with E-state index in [9.17, 15) is 19.2 Å². The smallest absolute Gasteiger partial charge is 0.224 e. The number of nitrogens with one attached hydrogen (secondary N) is 3. The second-order valence-corrected chi connectivity index (χ2v) is 17.1. The summed E-state index contributed by atoms with van der Waals surface area (Å²) in [6, 6.07) is 13.5. The Balaban J connectivity index is 1.17. The largest absolute Gasteiger partial charge is 0.493 e. The highest BCUT2D eigenvalue weighted by atomic mass is 32.2. The van der Waals surface area contributed by atoms with E-state index in [1.807, 2.05) is 36.8 Å². The van der Waals surface area contributed by atoms with Gasteiger partial charge in [0.15, 0.2) is 33.9 Å². The van der Waals surface area contributed by atoms with Crippen molar-refractivity contribution in [2.45, 2.75) is 54.0 Å². The monoisotopic (exact) mass is 883 g/mol. The van der Waals surface area contributed by atoms with Crippen molar-refractivity contribution in [2.24, 2.45) is 11.8 Å². The maximum Gasteiger partial charge on any atom is 0.224 e. The van der Waals surface area contributed by atoms with Gasteiger partial charge in [-0.2, -0.15) is 0 Å². The lowest BCUT2D eigenvalue weighted by Crippen LogP contribution is -2.49. The summed E-state index contributed by atoms with van der Waals surface area (Å²) in [5, 5.41) is 9.91. The number of piperidine rings is 1. The third-order valence-corrected chi connectivity index (χ3v) is 13.7. The third kappa shape index (κ3) is 8.41. The van der Waals surface area contributed by atoms with Gasteiger partial charge in [-0.3, -0.25) is 19.2 Å². The average molecular weight is 884 g/mol.